The van der Waals surface area contributed by atoms with Crippen LogP contribution >= 0.6 is 0 Å². The minimum absolute atomic E-state index is 0.112. The lowest BCUT2D eigenvalue weighted by molar-refractivity contribution is 0.318. The summed E-state index contributed by atoms with van der Waals surface area (Å²) in [4.78, 5) is 2.43. The van der Waals surface area contributed by atoms with E-state index in [9.17, 15) is 12.8 Å². The Morgan fingerprint density at radius 1 is 1.26 bits per heavy atom. The summed E-state index contributed by atoms with van der Waals surface area (Å²) in [5.74, 6) is 0.0834. The number of halogens is 1. The highest BCUT2D eigenvalue weighted by Gasteiger charge is 2.18. The molecule has 1 aliphatic rings. The fourth-order valence-electron chi connectivity index (χ4n) is 2.46. The predicted octanol–water partition coefficient (Wildman–Crippen LogP) is 1.75. The summed E-state index contributed by atoms with van der Waals surface area (Å²) in [5.41, 5.74) is 5.20. The summed E-state index contributed by atoms with van der Waals surface area (Å²) in [6.45, 7) is 2.42. The molecule has 0 bridgehead atoms. The van der Waals surface area contributed by atoms with E-state index in [1.54, 1.807) is 12.1 Å². The van der Waals surface area contributed by atoms with Gasteiger partial charge in [0.05, 0.1) is 10.6 Å². The van der Waals surface area contributed by atoms with Gasteiger partial charge < -0.3 is 15.4 Å². The third kappa shape index (κ3) is 5.60. The summed E-state index contributed by atoms with van der Waals surface area (Å²) in [6.07, 6.45) is 3.51. The number of hydrogen-bond acceptors (Lipinski definition) is 5. The number of nitrogens with two attached hydrogens (primary N) is 1. The third-order valence-electron chi connectivity index (χ3n) is 3.77. The standard InChI is InChI=1S/C16H23FN2O3S/c17-14(7-8-18)13-22-15-3-5-16(6-4-15)23(20,21)12-11-19-9-1-2-10-19/h3-7H,1-2,8-13,18H2/b14-7-. The van der Waals surface area contributed by atoms with E-state index in [2.05, 4.69) is 4.90 Å². The van der Waals surface area contributed by atoms with Crippen LogP contribution in [0.4, 0.5) is 4.39 Å². The van der Waals surface area contributed by atoms with E-state index < -0.39 is 15.7 Å². The van der Waals surface area contributed by atoms with Gasteiger partial charge in [-0.2, -0.15) is 0 Å². The zero-order chi connectivity index (χ0) is 16.7. The Bertz CT molecular complexity index is 623. The molecule has 1 saturated heterocycles. The molecular formula is C16H23FN2O3S. The number of rotatable bonds is 8. The van der Waals surface area contributed by atoms with Gasteiger partial charge in [-0.25, -0.2) is 12.8 Å². The molecule has 1 aromatic carbocycles. The van der Waals surface area contributed by atoms with Crippen LogP contribution in [-0.4, -0.2) is 51.9 Å². The molecule has 0 unspecified atom stereocenters. The van der Waals surface area contributed by atoms with E-state index in [-0.39, 0.29) is 23.8 Å². The van der Waals surface area contributed by atoms with Crippen molar-refractivity contribution in [1.82, 2.24) is 4.90 Å². The van der Waals surface area contributed by atoms with Crippen molar-refractivity contribution in [2.45, 2.75) is 17.7 Å². The molecule has 0 radical (unpaired) electrons. The topological polar surface area (TPSA) is 72.6 Å². The molecule has 0 amide bonds. The van der Waals surface area contributed by atoms with Gasteiger partial charge >= 0.3 is 0 Å². The molecular weight excluding hydrogens is 319 g/mol. The summed E-state index contributed by atoms with van der Waals surface area (Å²) >= 11 is 0. The lowest BCUT2D eigenvalue weighted by Crippen LogP contribution is -2.26. The molecule has 0 atom stereocenters. The third-order valence-corrected chi connectivity index (χ3v) is 5.48. The molecule has 0 saturated carbocycles. The molecule has 1 heterocycles. The van der Waals surface area contributed by atoms with Gasteiger partial charge in [0.25, 0.3) is 0 Å². The summed E-state index contributed by atoms with van der Waals surface area (Å²) < 4.78 is 43.0. The Balaban J connectivity index is 1.90. The normalized spacial score (nSPS) is 16.7. The monoisotopic (exact) mass is 342 g/mol. The quantitative estimate of drug-likeness (QED) is 0.779. The highest BCUT2D eigenvalue weighted by molar-refractivity contribution is 7.91. The molecule has 0 aliphatic carbocycles. The maximum Gasteiger partial charge on any atom is 0.179 e. The fraction of sp³-hybridized carbons (Fsp3) is 0.500. The van der Waals surface area contributed by atoms with Crippen LogP contribution in [0.25, 0.3) is 0 Å². The lowest BCUT2D eigenvalue weighted by atomic mass is 10.3. The first kappa shape index (κ1) is 17.9. The minimum atomic E-state index is -3.30. The molecule has 0 spiro atoms. The smallest absolute Gasteiger partial charge is 0.179 e. The van der Waals surface area contributed by atoms with Crippen molar-refractivity contribution in [3.05, 3.63) is 36.2 Å². The Morgan fingerprint density at radius 2 is 1.91 bits per heavy atom. The van der Waals surface area contributed by atoms with Crippen molar-refractivity contribution < 1.29 is 17.5 Å². The number of benzene rings is 1. The van der Waals surface area contributed by atoms with Gasteiger partial charge in [0.15, 0.2) is 9.84 Å². The second-order valence-corrected chi connectivity index (χ2v) is 7.62. The summed E-state index contributed by atoms with van der Waals surface area (Å²) in [5, 5.41) is 0. The van der Waals surface area contributed by atoms with Crippen molar-refractivity contribution in [1.29, 1.82) is 0 Å². The predicted molar refractivity (Wildman–Crippen MR) is 87.9 cm³/mol. The Morgan fingerprint density at radius 3 is 2.52 bits per heavy atom. The SMILES string of the molecule is NC/C=C(\F)COc1ccc(S(=O)(=O)CCN2CCCC2)cc1. The largest absolute Gasteiger partial charge is 0.487 e. The Kier molecular flexibility index (Phi) is 6.56. The molecule has 7 heteroatoms. The van der Waals surface area contributed by atoms with E-state index in [1.165, 1.54) is 18.2 Å². The fourth-order valence-corrected chi connectivity index (χ4v) is 3.74. The van der Waals surface area contributed by atoms with Gasteiger partial charge in [-0.05, 0) is 56.3 Å². The van der Waals surface area contributed by atoms with E-state index in [4.69, 9.17) is 10.5 Å². The summed E-state index contributed by atoms with van der Waals surface area (Å²) in [7, 11) is -3.30. The molecule has 1 fully saturated rings. The van der Waals surface area contributed by atoms with Crippen LogP contribution in [0.15, 0.2) is 41.1 Å². The first-order valence-corrected chi connectivity index (χ1v) is 9.39. The molecule has 1 aliphatic heterocycles. The first-order chi connectivity index (χ1) is 11.0. The van der Waals surface area contributed by atoms with E-state index in [0.717, 1.165) is 25.9 Å². The van der Waals surface area contributed by atoms with Crippen molar-refractivity contribution >= 4 is 9.84 Å². The maximum absolute atomic E-state index is 13.2. The minimum Gasteiger partial charge on any atom is -0.487 e. The van der Waals surface area contributed by atoms with Crippen LogP contribution in [0.1, 0.15) is 12.8 Å². The van der Waals surface area contributed by atoms with Crippen LogP contribution in [-0.2, 0) is 9.84 Å². The van der Waals surface area contributed by atoms with Crippen LogP contribution < -0.4 is 10.5 Å². The number of ether oxygens (including phenoxy) is 1. The van der Waals surface area contributed by atoms with Crippen molar-refractivity contribution in [2.24, 2.45) is 5.73 Å². The Labute approximate surface area is 136 Å². The zero-order valence-corrected chi connectivity index (χ0v) is 13.9. The van der Waals surface area contributed by atoms with E-state index in [0.29, 0.717) is 12.3 Å². The van der Waals surface area contributed by atoms with Crippen LogP contribution in [0.5, 0.6) is 5.75 Å². The van der Waals surface area contributed by atoms with Gasteiger partial charge in [-0.15, -0.1) is 0 Å². The summed E-state index contributed by atoms with van der Waals surface area (Å²) in [6, 6.07) is 6.08. The van der Waals surface area contributed by atoms with Crippen molar-refractivity contribution in [3.63, 3.8) is 0 Å². The molecule has 5 nitrogen and oxygen atoms in total. The van der Waals surface area contributed by atoms with Gasteiger partial charge in [0.1, 0.15) is 18.2 Å². The first-order valence-electron chi connectivity index (χ1n) is 7.74. The second-order valence-electron chi connectivity index (χ2n) is 5.51. The van der Waals surface area contributed by atoms with Crippen molar-refractivity contribution in [2.75, 3.05) is 38.5 Å². The van der Waals surface area contributed by atoms with E-state index in [1.807, 2.05) is 0 Å². The number of sulfone groups is 1. The van der Waals surface area contributed by atoms with E-state index >= 15 is 0 Å². The van der Waals surface area contributed by atoms with Crippen LogP contribution in [0.2, 0.25) is 0 Å². The molecule has 1 aromatic rings. The van der Waals surface area contributed by atoms with Gasteiger partial charge in [0, 0.05) is 13.1 Å². The maximum atomic E-state index is 13.2. The number of nitrogens with zero attached hydrogens (tertiary/aromatic N) is 1. The average molecular weight is 342 g/mol. The van der Waals surface area contributed by atoms with Crippen LogP contribution in [0, 0.1) is 0 Å². The molecule has 128 valence electrons. The van der Waals surface area contributed by atoms with Gasteiger partial charge in [-0.3, -0.25) is 0 Å². The molecule has 0 aromatic heterocycles. The average Bonchev–Trinajstić information content (AvgIpc) is 3.05. The number of hydrogen-bond donors (Lipinski definition) is 1. The van der Waals surface area contributed by atoms with Gasteiger partial charge in [0.2, 0.25) is 0 Å². The van der Waals surface area contributed by atoms with Crippen molar-refractivity contribution in [3.8, 4) is 5.75 Å². The highest BCUT2D eigenvalue weighted by atomic mass is 32.2. The molecule has 23 heavy (non-hydrogen) atoms. The number of likely N-dealkylation sites (tertiary alicyclic amines) is 1. The lowest BCUT2D eigenvalue weighted by Gasteiger charge is -2.14. The molecule has 2 rings (SSSR count). The highest BCUT2D eigenvalue weighted by Crippen LogP contribution is 2.18. The van der Waals surface area contributed by atoms with Gasteiger partial charge in [-0.1, -0.05) is 0 Å². The van der Waals surface area contributed by atoms with Crippen LogP contribution in [0.3, 0.4) is 0 Å². The second kappa shape index (κ2) is 8.42. The zero-order valence-electron chi connectivity index (χ0n) is 13.1. The Hall–Kier alpha value is -1.44. The molecule has 2 N–H and O–H groups in total.